The summed E-state index contributed by atoms with van der Waals surface area (Å²) in [5, 5.41) is 0.160. The SMILES string of the molecule is CCN1CCOC(CS(=O)(=O)c2c(N)cccc2Cl)C1. The van der Waals surface area contributed by atoms with Crippen LogP contribution in [0.25, 0.3) is 0 Å². The third-order valence-electron chi connectivity index (χ3n) is 3.38. The van der Waals surface area contributed by atoms with Gasteiger partial charge in [0, 0.05) is 13.1 Å². The molecule has 1 aliphatic heterocycles. The molecule has 1 heterocycles. The maximum atomic E-state index is 12.5. The molecule has 1 aromatic carbocycles. The quantitative estimate of drug-likeness (QED) is 0.850. The second-order valence-electron chi connectivity index (χ2n) is 4.83. The Kier molecular flexibility index (Phi) is 4.90. The number of halogens is 1. The van der Waals surface area contributed by atoms with Gasteiger partial charge in [-0.2, -0.15) is 0 Å². The standard InChI is InChI=1S/C13H19ClN2O3S/c1-2-16-6-7-19-10(8-16)9-20(17,18)13-11(14)4-3-5-12(13)15/h3-5,10H,2,6-9,15H2,1H3. The van der Waals surface area contributed by atoms with Gasteiger partial charge in [-0.15, -0.1) is 0 Å². The average molecular weight is 319 g/mol. The van der Waals surface area contributed by atoms with Crippen molar-refractivity contribution in [2.75, 3.05) is 37.7 Å². The minimum absolute atomic E-state index is 0.0129. The summed E-state index contributed by atoms with van der Waals surface area (Å²) in [6, 6.07) is 4.70. The molecule has 112 valence electrons. The summed E-state index contributed by atoms with van der Waals surface area (Å²) in [6.07, 6.45) is -0.343. The van der Waals surface area contributed by atoms with Crippen LogP contribution >= 0.6 is 11.6 Å². The lowest BCUT2D eigenvalue weighted by molar-refractivity contribution is -0.0145. The molecular weight excluding hydrogens is 300 g/mol. The summed E-state index contributed by atoms with van der Waals surface area (Å²) >= 11 is 5.98. The molecule has 5 nitrogen and oxygen atoms in total. The zero-order valence-corrected chi connectivity index (χ0v) is 13.0. The first-order chi connectivity index (χ1) is 9.44. The topological polar surface area (TPSA) is 72.6 Å². The highest BCUT2D eigenvalue weighted by molar-refractivity contribution is 7.91. The van der Waals surface area contributed by atoms with E-state index in [4.69, 9.17) is 22.1 Å². The Morgan fingerprint density at radius 1 is 1.50 bits per heavy atom. The zero-order chi connectivity index (χ0) is 14.8. The molecule has 0 aliphatic carbocycles. The van der Waals surface area contributed by atoms with Crippen LogP contribution in [0.4, 0.5) is 5.69 Å². The van der Waals surface area contributed by atoms with E-state index in [0.717, 1.165) is 13.1 Å². The molecule has 20 heavy (non-hydrogen) atoms. The molecule has 1 unspecified atom stereocenters. The van der Waals surface area contributed by atoms with Gasteiger partial charge in [-0.3, -0.25) is 4.90 Å². The molecule has 1 aromatic rings. The normalized spacial score (nSPS) is 21.0. The molecule has 0 bridgehead atoms. The number of morpholine rings is 1. The fourth-order valence-electron chi connectivity index (χ4n) is 2.35. The summed E-state index contributed by atoms with van der Waals surface area (Å²) in [7, 11) is -3.56. The molecule has 2 N–H and O–H groups in total. The summed E-state index contributed by atoms with van der Waals surface area (Å²) in [4.78, 5) is 2.18. The minimum Gasteiger partial charge on any atom is -0.398 e. The molecule has 1 atom stereocenters. The van der Waals surface area contributed by atoms with E-state index in [2.05, 4.69) is 4.90 Å². The van der Waals surface area contributed by atoms with Crippen molar-refractivity contribution in [3.63, 3.8) is 0 Å². The summed E-state index contributed by atoms with van der Waals surface area (Å²) in [6.45, 7) is 4.92. The third kappa shape index (κ3) is 3.44. The van der Waals surface area contributed by atoms with Gasteiger partial charge in [0.1, 0.15) is 4.90 Å². The number of hydrogen-bond donors (Lipinski definition) is 1. The van der Waals surface area contributed by atoms with Crippen molar-refractivity contribution in [1.82, 2.24) is 4.90 Å². The lowest BCUT2D eigenvalue weighted by Crippen LogP contribution is -2.45. The lowest BCUT2D eigenvalue weighted by atomic mass is 10.3. The predicted octanol–water partition coefficient (Wildman–Crippen LogP) is 1.42. The van der Waals surface area contributed by atoms with E-state index in [1.165, 1.54) is 6.07 Å². The Morgan fingerprint density at radius 3 is 2.90 bits per heavy atom. The molecule has 1 fully saturated rings. The summed E-state index contributed by atoms with van der Waals surface area (Å²) in [5.41, 5.74) is 5.93. The Hall–Kier alpha value is -0.820. The van der Waals surface area contributed by atoms with E-state index in [1.807, 2.05) is 6.92 Å². The number of nitrogens with zero attached hydrogens (tertiary/aromatic N) is 1. The maximum Gasteiger partial charge on any atom is 0.184 e. The molecule has 1 aliphatic rings. The highest BCUT2D eigenvalue weighted by Gasteiger charge is 2.29. The molecule has 0 saturated carbocycles. The molecule has 0 spiro atoms. The van der Waals surface area contributed by atoms with Gasteiger partial charge < -0.3 is 10.5 Å². The number of anilines is 1. The van der Waals surface area contributed by atoms with Crippen molar-refractivity contribution >= 4 is 27.1 Å². The van der Waals surface area contributed by atoms with Crippen molar-refractivity contribution in [3.8, 4) is 0 Å². The van der Waals surface area contributed by atoms with Crippen LogP contribution < -0.4 is 5.73 Å². The molecule has 7 heteroatoms. The average Bonchev–Trinajstić information content (AvgIpc) is 2.37. The number of benzene rings is 1. The van der Waals surface area contributed by atoms with Crippen LogP contribution in [0.3, 0.4) is 0 Å². The van der Waals surface area contributed by atoms with E-state index in [-0.39, 0.29) is 27.5 Å². The lowest BCUT2D eigenvalue weighted by Gasteiger charge is -2.31. The fraction of sp³-hybridized carbons (Fsp3) is 0.538. The number of ether oxygens (including phenoxy) is 1. The van der Waals surface area contributed by atoms with Gasteiger partial charge in [0.25, 0.3) is 0 Å². The Morgan fingerprint density at radius 2 is 2.25 bits per heavy atom. The van der Waals surface area contributed by atoms with Gasteiger partial charge in [-0.25, -0.2) is 8.42 Å². The van der Waals surface area contributed by atoms with Crippen LogP contribution in [-0.2, 0) is 14.6 Å². The van der Waals surface area contributed by atoms with Crippen molar-refractivity contribution in [1.29, 1.82) is 0 Å². The number of rotatable bonds is 4. The monoisotopic (exact) mass is 318 g/mol. The first-order valence-electron chi connectivity index (χ1n) is 6.54. The molecule has 1 saturated heterocycles. The van der Waals surface area contributed by atoms with Crippen LogP contribution in [0, 0.1) is 0 Å². The van der Waals surface area contributed by atoms with Gasteiger partial charge >= 0.3 is 0 Å². The molecule has 2 rings (SSSR count). The molecule has 0 radical (unpaired) electrons. The van der Waals surface area contributed by atoms with Crippen LogP contribution in [0.15, 0.2) is 23.1 Å². The van der Waals surface area contributed by atoms with Crippen LogP contribution in [0.1, 0.15) is 6.92 Å². The molecule has 0 amide bonds. The summed E-state index contributed by atoms with van der Waals surface area (Å²) < 4.78 is 30.5. The number of likely N-dealkylation sites (N-methyl/N-ethyl adjacent to an activating group) is 1. The number of sulfone groups is 1. The van der Waals surface area contributed by atoms with Gasteiger partial charge in [-0.1, -0.05) is 24.6 Å². The highest BCUT2D eigenvalue weighted by atomic mass is 35.5. The van der Waals surface area contributed by atoms with Crippen molar-refractivity contribution in [3.05, 3.63) is 23.2 Å². The largest absolute Gasteiger partial charge is 0.398 e. The molecular formula is C13H19ClN2O3S. The van der Waals surface area contributed by atoms with Gasteiger partial charge in [0.05, 0.1) is 29.2 Å². The van der Waals surface area contributed by atoms with E-state index in [9.17, 15) is 8.42 Å². The smallest absolute Gasteiger partial charge is 0.184 e. The summed E-state index contributed by atoms with van der Waals surface area (Å²) in [5.74, 6) is -0.0998. The Labute approximate surface area is 124 Å². The van der Waals surface area contributed by atoms with Gasteiger partial charge in [0.15, 0.2) is 9.84 Å². The second-order valence-corrected chi connectivity index (χ2v) is 7.20. The van der Waals surface area contributed by atoms with Crippen LogP contribution in [0.2, 0.25) is 5.02 Å². The Balaban J connectivity index is 2.19. The zero-order valence-electron chi connectivity index (χ0n) is 11.4. The van der Waals surface area contributed by atoms with E-state index < -0.39 is 9.84 Å². The van der Waals surface area contributed by atoms with E-state index in [0.29, 0.717) is 13.2 Å². The van der Waals surface area contributed by atoms with Crippen molar-refractivity contribution in [2.45, 2.75) is 17.9 Å². The highest BCUT2D eigenvalue weighted by Crippen LogP contribution is 2.29. The predicted molar refractivity (Wildman–Crippen MR) is 79.8 cm³/mol. The van der Waals surface area contributed by atoms with E-state index >= 15 is 0 Å². The van der Waals surface area contributed by atoms with E-state index in [1.54, 1.807) is 12.1 Å². The fourth-order valence-corrected chi connectivity index (χ4v) is 4.53. The van der Waals surface area contributed by atoms with Gasteiger partial charge in [0.2, 0.25) is 0 Å². The maximum absolute atomic E-state index is 12.5. The minimum atomic E-state index is -3.56. The molecule has 0 aromatic heterocycles. The number of hydrogen-bond acceptors (Lipinski definition) is 5. The first kappa shape index (κ1) is 15.6. The second kappa shape index (κ2) is 6.30. The first-order valence-corrected chi connectivity index (χ1v) is 8.57. The van der Waals surface area contributed by atoms with Crippen LogP contribution in [-0.4, -0.2) is 51.4 Å². The van der Waals surface area contributed by atoms with Crippen molar-refractivity contribution < 1.29 is 13.2 Å². The van der Waals surface area contributed by atoms with Gasteiger partial charge in [-0.05, 0) is 18.7 Å². The van der Waals surface area contributed by atoms with Crippen molar-refractivity contribution in [2.24, 2.45) is 0 Å². The number of nitrogen functional groups attached to an aromatic ring is 1. The number of nitrogens with two attached hydrogens (primary N) is 1. The van der Waals surface area contributed by atoms with Crippen LogP contribution in [0.5, 0.6) is 0 Å². The third-order valence-corrected chi connectivity index (χ3v) is 5.70. The Bertz CT molecular complexity index is 557.